The Morgan fingerprint density at radius 1 is 1.06 bits per heavy atom. The molecule has 0 saturated carbocycles. The summed E-state index contributed by atoms with van der Waals surface area (Å²) < 4.78 is 7.39. The van der Waals surface area contributed by atoms with E-state index in [9.17, 15) is 9.59 Å². The molecule has 2 aromatic rings. The molecule has 31 heavy (non-hydrogen) atoms. The number of fused-ring (bicyclic) bond motifs is 4. The van der Waals surface area contributed by atoms with Crippen molar-refractivity contribution in [1.29, 1.82) is 0 Å². The van der Waals surface area contributed by atoms with Gasteiger partial charge in [0.15, 0.2) is 5.89 Å². The van der Waals surface area contributed by atoms with Crippen molar-refractivity contribution in [3.63, 3.8) is 0 Å². The first kappa shape index (κ1) is 20.5. The first-order chi connectivity index (χ1) is 15.0. The number of amides is 1. The molecule has 0 N–H and O–H groups in total. The third-order valence-electron chi connectivity index (χ3n) is 7.02. The highest BCUT2D eigenvalue weighted by atomic mass is 16.3. The Morgan fingerprint density at radius 2 is 1.94 bits per heavy atom. The minimum Gasteiger partial charge on any atom is -0.449 e. The highest BCUT2D eigenvalue weighted by Gasteiger charge is 2.35. The summed E-state index contributed by atoms with van der Waals surface area (Å²) in [4.78, 5) is 36.2. The molecule has 0 radical (unpaired) electrons. The number of nitrogens with zero attached hydrogens (tertiary/aromatic N) is 5. The third kappa shape index (κ3) is 4.19. The molecule has 2 aromatic heterocycles. The fourth-order valence-corrected chi connectivity index (χ4v) is 5.42. The molecule has 2 atom stereocenters. The van der Waals surface area contributed by atoms with Crippen LogP contribution in [0.2, 0.25) is 0 Å². The zero-order chi connectivity index (χ0) is 21.5. The summed E-state index contributed by atoms with van der Waals surface area (Å²) >= 11 is 0. The SMILES string of the molecule is Cc1nc(CN2C[C@@H]3C[C@H](C2)c2ccc(CN4CCC(=O)N(C)CC4)c(=O)n2C3)co1. The maximum Gasteiger partial charge on any atom is 0.255 e. The van der Waals surface area contributed by atoms with Gasteiger partial charge < -0.3 is 13.9 Å². The van der Waals surface area contributed by atoms with Crippen molar-refractivity contribution in [2.24, 2.45) is 5.92 Å². The van der Waals surface area contributed by atoms with Gasteiger partial charge in [-0.3, -0.25) is 19.4 Å². The summed E-state index contributed by atoms with van der Waals surface area (Å²) in [6, 6.07) is 4.18. The molecule has 0 aliphatic carbocycles. The Bertz CT molecular complexity index is 1030. The minimum atomic E-state index is 0.150. The zero-order valence-electron chi connectivity index (χ0n) is 18.4. The Hall–Kier alpha value is -2.45. The van der Waals surface area contributed by atoms with Gasteiger partial charge in [0.05, 0.1) is 5.69 Å². The lowest BCUT2D eigenvalue weighted by molar-refractivity contribution is -0.129. The van der Waals surface area contributed by atoms with Crippen LogP contribution in [0.5, 0.6) is 0 Å². The number of carbonyl (C=O) groups excluding carboxylic acids is 1. The van der Waals surface area contributed by atoms with Crippen LogP contribution in [0.3, 0.4) is 0 Å². The molecule has 5 rings (SSSR count). The summed E-state index contributed by atoms with van der Waals surface area (Å²) in [7, 11) is 1.85. The molecule has 8 nitrogen and oxygen atoms in total. The number of pyridine rings is 1. The Labute approximate surface area is 182 Å². The van der Waals surface area contributed by atoms with Crippen LogP contribution in [0.1, 0.15) is 41.6 Å². The quantitative estimate of drug-likeness (QED) is 0.738. The van der Waals surface area contributed by atoms with Gasteiger partial charge in [0.2, 0.25) is 5.91 Å². The van der Waals surface area contributed by atoms with Crippen LogP contribution in [0.25, 0.3) is 0 Å². The van der Waals surface area contributed by atoms with E-state index in [0.29, 0.717) is 37.2 Å². The second-order valence-electron chi connectivity index (χ2n) is 9.39. The first-order valence-electron chi connectivity index (χ1n) is 11.3. The maximum atomic E-state index is 13.3. The van der Waals surface area contributed by atoms with E-state index in [0.717, 1.165) is 62.6 Å². The number of aromatic nitrogens is 2. The first-order valence-corrected chi connectivity index (χ1v) is 11.3. The molecule has 8 heteroatoms. The predicted octanol–water partition coefficient (Wildman–Crippen LogP) is 1.43. The van der Waals surface area contributed by atoms with Crippen molar-refractivity contribution in [3.05, 3.63) is 51.6 Å². The molecule has 2 bridgehead atoms. The van der Waals surface area contributed by atoms with Crippen LogP contribution in [0.15, 0.2) is 27.6 Å². The van der Waals surface area contributed by atoms with Crippen LogP contribution in [-0.2, 0) is 24.4 Å². The summed E-state index contributed by atoms with van der Waals surface area (Å²) in [6.07, 6.45) is 3.42. The van der Waals surface area contributed by atoms with Crippen molar-refractivity contribution in [1.82, 2.24) is 24.3 Å². The van der Waals surface area contributed by atoms with E-state index in [4.69, 9.17) is 4.42 Å². The molecule has 0 unspecified atom stereocenters. The minimum absolute atomic E-state index is 0.150. The van der Waals surface area contributed by atoms with Gasteiger partial charge in [-0.2, -0.15) is 0 Å². The van der Waals surface area contributed by atoms with Crippen LogP contribution >= 0.6 is 0 Å². The predicted molar refractivity (Wildman–Crippen MR) is 116 cm³/mol. The molecule has 3 aliphatic rings. The lowest BCUT2D eigenvalue weighted by Crippen LogP contribution is -2.47. The van der Waals surface area contributed by atoms with Crippen LogP contribution in [-0.4, -0.2) is 69.9 Å². The van der Waals surface area contributed by atoms with E-state index in [1.807, 2.05) is 24.6 Å². The molecular formula is C23H31N5O3. The van der Waals surface area contributed by atoms with Crippen molar-refractivity contribution in [2.45, 2.75) is 45.3 Å². The van der Waals surface area contributed by atoms with Crippen molar-refractivity contribution >= 4 is 5.91 Å². The monoisotopic (exact) mass is 425 g/mol. The van der Waals surface area contributed by atoms with Crippen LogP contribution in [0.4, 0.5) is 0 Å². The number of likely N-dealkylation sites (tertiary alicyclic amines) is 1. The topological polar surface area (TPSA) is 74.8 Å². The molecule has 3 aliphatic heterocycles. The van der Waals surface area contributed by atoms with Gasteiger partial charge in [0.25, 0.3) is 5.56 Å². The van der Waals surface area contributed by atoms with Gasteiger partial charge in [0, 0.05) is 89.9 Å². The standard InChI is InChI=1S/C23H31N5O3/c1-16-24-20(15-31-16)14-27-10-17-9-19(13-27)21-4-3-18(23(30)28(21)11-17)12-26-6-5-22(29)25(2)7-8-26/h3-4,15,17,19H,5-14H2,1-2H3/t17-,19+/m0/s1. The molecule has 1 amide bonds. The number of carbonyl (C=O) groups is 1. The van der Waals surface area contributed by atoms with Gasteiger partial charge in [-0.15, -0.1) is 0 Å². The molecule has 0 aromatic carbocycles. The van der Waals surface area contributed by atoms with Gasteiger partial charge in [-0.25, -0.2) is 4.98 Å². The summed E-state index contributed by atoms with van der Waals surface area (Å²) in [6.45, 7) is 8.25. The van der Waals surface area contributed by atoms with Crippen molar-refractivity contribution < 1.29 is 9.21 Å². The van der Waals surface area contributed by atoms with Crippen LogP contribution < -0.4 is 5.56 Å². The van der Waals surface area contributed by atoms with Crippen molar-refractivity contribution in [3.8, 4) is 0 Å². The summed E-state index contributed by atoms with van der Waals surface area (Å²) in [5.74, 6) is 1.75. The average molecular weight is 426 g/mol. The highest BCUT2D eigenvalue weighted by Crippen LogP contribution is 2.35. The largest absolute Gasteiger partial charge is 0.449 e. The number of hydrogen-bond acceptors (Lipinski definition) is 6. The normalized spacial score (nSPS) is 24.8. The van der Waals surface area contributed by atoms with E-state index in [-0.39, 0.29) is 11.5 Å². The lowest BCUT2D eigenvalue weighted by Gasteiger charge is -2.42. The van der Waals surface area contributed by atoms with E-state index < -0.39 is 0 Å². The average Bonchev–Trinajstić information content (AvgIpc) is 3.08. The van der Waals surface area contributed by atoms with E-state index in [1.54, 1.807) is 11.2 Å². The Balaban J connectivity index is 1.31. The fraction of sp³-hybridized carbons (Fsp3) is 0.609. The number of rotatable bonds is 4. The number of piperidine rings is 1. The Morgan fingerprint density at radius 3 is 2.74 bits per heavy atom. The number of hydrogen-bond donors (Lipinski definition) is 0. The van der Waals surface area contributed by atoms with E-state index in [2.05, 4.69) is 20.9 Å². The van der Waals surface area contributed by atoms with E-state index in [1.165, 1.54) is 0 Å². The number of likely N-dealkylation sites (N-methyl/N-ethyl adjacent to an activating group) is 1. The summed E-state index contributed by atoms with van der Waals surface area (Å²) in [5, 5.41) is 0. The van der Waals surface area contributed by atoms with Crippen molar-refractivity contribution in [2.75, 3.05) is 39.8 Å². The van der Waals surface area contributed by atoms with Gasteiger partial charge in [-0.1, -0.05) is 6.07 Å². The number of aryl methyl sites for hydroxylation is 1. The number of oxazole rings is 1. The molecule has 5 heterocycles. The highest BCUT2D eigenvalue weighted by molar-refractivity contribution is 5.76. The maximum absolute atomic E-state index is 13.3. The molecule has 2 saturated heterocycles. The van der Waals surface area contributed by atoms with Crippen LogP contribution in [0, 0.1) is 12.8 Å². The molecule has 2 fully saturated rings. The lowest BCUT2D eigenvalue weighted by atomic mass is 9.83. The smallest absolute Gasteiger partial charge is 0.255 e. The summed E-state index contributed by atoms with van der Waals surface area (Å²) in [5.41, 5.74) is 3.14. The van der Waals surface area contributed by atoms with E-state index >= 15 is 0 Å². The second kappa shape index (κ2) is 8.24. The molecule has 166 valence electrons. The van der Waals surface area contributed by atoms with Gasteiger partial charge in [0.1, 0.15) is 6.26 Å². The second-order valence-corrected chi connectivity index (χ2v) is 9.39. The van der Waals surface area contributed by atoms with Gasteiger partial charge in [-0.05, 0) is 18.4 Å². The molecule has 0 spiro atoms. The zero-order valence-corrected chi connectivity index (χ0v) is 18.4. The third-order valence-corrected chi connectivity index (χ3v) is 7.02. The Kier molecular flexibility index (Phi) is 5.44. The fourth-order valence-electron chi connectivity index (χ4n) is 5.42. The molecular weight excluding hydrogens is 394 g/mol. The van der Waals surface area contributed by atoms with Gasteiger partial charge >= 0.3 is 0 Å².